The van der Waals surface area contributed by atoms with Gasteiger partial charge in [-0.1, -0.05) is 17.7 Å². The van der Waals surface area contributed by atoms with Crippen molar-refractivity contribution in [1.82, 2.24) is 10.6 Å². The van der Waals surface area contributed by atoms with E-state index in [0.29, 0.717) is 19.2 Å². The third kappa shape index (κ3) is 5.78. The number of benzene rings is 1. The molecule has 0 bridgehead atoms. The summed E-state index contributed by atoms with van der Waals surface area (Å²) in [6.07, 6.45) is 0. The summed E-state index contributed by atoms with van der Waals surface area (Å²) >= 11 is 5.62. The van der Waals surface area contributed by atoms with Crippen molar-refractivity contribution in [2.24, 2.45) is 0 Å². The van der Waals surface area contributed by atoms with Crippen LogP contribution in [0.15, 0.2) is 18.2 Å². The average molecular weight is 275 g/mol. The molecule has 0 saturated heterocycles. The van der Waals surface area contributed by atoms with Gasteiger partial charge in [-0.15, -0.1) is 0 Å². The van der Waals surface area contributed by atoms with E-state index in [1.54, 1.807) is 13.2 Å². The number of hydrogen-bond acceptors (Lipinski definition) is 3. The van der Waals surface area contributed by atoms with E-state index in [9.17, 15) is 4.39 Å². The summed E-state index contributed by atoms with van der Waals surface area (Å²) in [6.45, 7) is 5.08. The molecule has 1 unspecified atom stereocenters. The zero-order valence-corrected chi connectivity index (χ0v) is 11.6. The maximum absolute atomic E-state index is 13.2. The fourth-order valence-electron chi connectivity index (χ4n) is 1.51. The van der Waals surface area contributed by atoms with Crippen LogP contribution in [0.3, 0.4) is 0 Å². The number of hydrogen-bond donors (Lipinski definition) is 2. The van der Waals surface area contributed by atoms with Crippen molar-refractivity contribution >= 4 is 11.6 Å². The first-order valence-corrected chi connectivity index (χ1v) is 6.38. The molecule has 0 aliphatic heterocycles. The summed E-state index contributed by atoms with van der Waals surface area (Å²) in [6, 6.07) is 5.17. The van der Waals surface area contributed by atoms with Crippen molar-refractivity contribution in [1.29, 1.82) is 0 Å². The number of ether oxygens (including phenoxy) is 1. The summed E-state index contributed by atoms with van der Waals surface area (Å²) in [4.78, 5) is 0. The summed E-state index contributed by atoms with van der Waals surface area (Å²) < 4.78 is 18.1. The smallest absolute Gasteiger partial charge is 0.142 e. The van der Waals surface area contributed by atoms with Crippen LogP contribution in [0.4, 0.5) is 4.39 Å². The Morgan fingerprint density at radius 1 is 1.44 bits per heavy atom. The molecule has 0 aliphatic rings. The molecule has 18 heavy (non-hydrogen) atoms. The molecule has 3 nitrogen and oxygen atoms in total. The predicted octanol–water partition coefficient (Wildman–Crippen LogP) is 2.19. The maximum Gasteiger partial charge on any atom is 0.142 e. The first-order valence-electron chi connectivity index (χ1n) is 6.00. The molecule has 102 valence electrons. The Hall–Kier alpha value is -0.680. The lowest BCUT2D eigenvalue weighted by Crippen LogP contribution is -2.37. The van der Waals surface area contributed by atoms with Crippen LogP contribution in [-0.2, 0) is 11.3 Å². The lowest BCUT2D eigenvalue weighted by molar-refractivity contribution is 0.198. The van der Waals surface area contributed by atoms with Gasteiger partial charge in [0.2, 0.25) is 0 Å². The third-order valence-electron chi connectivity index (χ3n) is 2.57. The minimum absolute atomic E-state index is 0.160. The van der Waals surface area contributed by atoms with Crippen LogP contribution in [0.1, 0.15) is 12.5 Å². The highest BCUT2D eigenvalue weighted by Crippen LogP contribution is 2.15. The van der Waals surface area contributed by atoms with Gasteiger partial charge in [0.25, 0.3) is 0 Å². The van der Waals surface area contributed by atoms with Crippen LogP contribution in [0.2, 0.25) is 5.02 Å². The standard InChI is InChI=1S/C13H20ClFN2O/c1-10(8-16-5-6-18-2)17-9-11-3-4-12(14)13(15)7-11/h3-4,7,10,16-17H,5-6,8-9H2,1-2H3. The summed E-state index contributed by atoms with van der Waals surface area (Å²) in [5, 5.41) is 6.73. The fraction of sp³-hybridized carbons (Fsp3) is 0.538. The van der Waals surface area contributed by atoms with Gasteiger partial charge in [-0.25, -0.2) is 4.39 Å². The topological polar surface area (TPSA) is 33.3 Å². The van der Waals surface area contributed by atoms with Gasteiger partial charge in [0.1, 0.15) is 5.82 Å². The second-order valence-corrected chi connectivity index (χ2v) is 4.63. The average Bonchev–Trinajstić information content (AvgIpc) is 2.36. The monoisotopic (exact) mass is 274 g/mol. The van der Waals surface area contributed by atoms with Crippen LogP contribution in [0.25, 0.3) is 0 Å². The van der Waals surface area contributed by atoms with E-state index in [4.69, 9.17) is 16.3 Å². The Labute approximate surface area is 113 Å². The van der Waals surface area contributed by atoms with Gasteiger partial charge in [0, 0.05) is 32.8 Å². The molecule has 1 aromatic carbocycles. The Kier molecular flexibility index (Phi) is 7.20. The second kappa shape index (κ2) is 8.43. The lowest BCUT2D eigenvalue weighted by atomic mass is 10.2. The molecule has 0 aliphatic carbocycles. The van der Waals surface area contributed by atoms with E-state index in [1.807, 2.05) is 6.07 Å². The number of methoxy groups -OCH3 is 1. The van der Waals surface area contributed by atoms with Crippen molar-refractivity contribution in [2.45, 2.75) is 19.5 Å². The molecule has 0 radical (unpaired) electrons. The molecule has 0 saturated carbocycles. The van der Waals surface area contributed by atoms with E-state index in [1.165, 1.54) is 6.07 Å². The molecule has 2 N–H and O–H groups in total. The van der Waals surface area contributed by atoms with Gasteiger partial charge in [-0.3, -0.25) is 0 Å². The Balaban J connectivity index is 2.24. The van der Waals surface area contributed by atoms with E-state index < -0.39 is 0 Å². The van der Waals surface area contributed by atoms with Crippen LogP contribution in [-0.4, -0.2) is 32.8 Å². The highest BCUT2D eigenvalue weighted by Gasteiger charge is 2.03. The van der Waals surface area contributed by atoms with Gasteiger partial charge in [-0.05, 0) is 24.6 Å². The number of rotatable bonds is 8. The quantitative estimate of drug-likeness (QED) is 0.713. The minimum atomic E-state index is -0.373. The Bertz CT molecular complexity index is 363. The first-order chi connectivity index (χ1) is 8.63. The van der Waals surface area contributed by atoms with Crippen molar-refractivity contribution < 1.29 is 9.13 Å². The third-order valence-corrected chi connectivity index (χ3v) is 2.88. The van der Waals surface area contributed by atoms with Crippen LogP contribution < -0.4 is 10.6 Å². The molecular weight excluding hydrogens is 255 g/mol. The first kappa shape index (κ1) is 15.4. The van der Waals surface area contributed by atoms with Gasteiger partial charge >= 0.3 is 0 Å². The van der Waals surface area contributed by atoms with Crippen molar-refractivity contribution in [3.05, 3.63) is 34.6 Å². The van der Waals surface area contributed by atoms with Crippen LogP contribution in [0, 0.1) is 5.82 Å². The molecule has 0 spiro atoms. The van der Waals surface area contributed by atoms with E-state index in [2.05, 4.69) is 17.6 Å². The molecule has 0 amide bonds. The summed E-state index contributed by atoms with van der Waals surface area (Å²) in [7, 11) is 1.68. The van der Waals surface area contributed by atoms with E-state index in [0.717, 1.165) is 18.7 Å². The molecule has 1 aromatic rings. The largest absolute Gasteiger partial charge is 0.383 e. The molecule has 1 atom stereocenters. The summed E-state index contributed by atoms with van der Waals surface area (Å²) in [5.74, 6) is -0.373. The fourth-order valence-corrected chi connectivity index (χ4v) is 1.62. The molecule has 1 rings (SSSR count). The van der Waals surface area contributed by atoms with Gasteiger partial charge in [0.15, 0.2) is 0 Å². The minimum Gasteiger partial charge on any atom is -0.383 e. The normalized spacial score (nSPS) is 12.7. The van der Waals surface area contributed by atoms with Gasteiger partial charge < -0.3 is 15.4 Å². The zero-order chi connectivity index (χ0) is 13.4. The Morgan fingerprint density at radius 3 is 2.89 bits per heavy atom. The number of halogens is 2. The molecular formula is C13H20ClFN2O. The lowest BCUT2D eigenvalue weighted by Gasteiger charge is -2.14. The SMILES string of the molecule is COCCNCC(C)NCc1ccc(Cl)c(F)c1. The number of nitrogens with one attached hydrogen (secondary N) is 2. The highest BCUT2D eigenvalue weighted by molar-refractivity contribution is 6.30. The second-order valence-electron chi connectivity index (χ2n) is 4.23. The highest BCUT2D eigenvalue weighted by atomic mass is 35.5. The Morgan fingerprint density at radius 2 is 2.22 bits per heavy atom. The van der Waals surface area contributed by atoms with E-state index >= 15 is 0 Å². The van der Waals surface area contributed by atoms with Gasteiger partial charge in [0.05, 0.1) is 11.6 Å². The molecule has 0 heterocycles. The molecule has 5 heteroatoms. The molecule has 0 aromatic heterocycles. The van der Waals surface area contributed by atoms with Crippen molar-refractivity contribution in [3.63, 3.8) is 0 Å². The molecule has 0 fully saturated rings. The summed E-state index contributed by atoms with van der Waals surface area (Å²) in [5.41, 5.74) is 0.889. The van der Waals surface area contributed by atoms with Crippen molar-refractivity contribution in [3.8, 4) is 0 Å². The van der Waals surface area contributed by atoms with Crippen LogP contribution in [0.5, 0.6) is 0 Å². The van der Waals surface area contributed by atoms with Crippen LogP contribution >= 0.6 is 11.6 Å². The zero-order valence-electron chi connectivity index (χ0n) is 10.8. The maximum atomic E-state index is 13.2. The van der Waals surface area contributed by atoms with Gasteiger partial charge in [-0.2, -0.15) is 0 Å². The predicted molar refractivity (Wildman–Crippen MR) is 72.5 cm³/mol. The van der Waals surface area contributed by atoms with Crippen molar-refractivity contribution in [2.75, 3.05) is 26.8 Å². The van der Waals surface area contributed by atoms with E-state index in [-0.39, 0.29) is 10.8 Å².